The quantitative estimate of drug-likeness (QED) is 0.574. The van der Waals surface area contributed by atoms with Crippen LogP contribution in [-0.2, 0) is 0 Å². The Hall–Kier alpha value is 0.290. The molecule has 2 unspecified atom stereocenters. The van der Waals surface area contributed by atoms with Crippen LogP contribution in [0, 0.1) is 11.3 Å². The molecule has 0 aromatic rings. The number of hydrogen-bond donors (Lipinski definition) is 0. The summed E-state index contributed by atoms with van der Waals surface area (Å²) in [5.74, 6) is 0.741. The maximum Gasteiger partial charge on any atom is 0.0426 e. The van der Waals surface area contributed by atoms with E-state index in [4.69, 9.17) is 11.6 Å². The van der Waals surface area contributed by atoms with Crippen molar-refractivity contribution in [2.75, 3.05) is 0 Å². The highest BCUT2D eigenvalue weighted by atomic mass is 35.5. The molecule has 0 radical (unpaired) electrons. The van der Waals surface area contributed by atoms with Gasteiger partial charge in [-0.1, -0.05) is 41.0 Å². The third-order valence-electron chi connectivity index (χ3n) is 2.37. The SMILES string of the molecule is CCC(C)CC(C)(Cl)CC(C)(C)C. The Labute approximate surface area is 89.1 Å². The summed E-state index contributed by atoms with van der Waals surface area (Å²) in [6, 6.07) is 0. The largest absolute Gasteiger partial charge is 0.120 e. The molecule has 13 heavy (non-hydrogen) atoms. The Morgan fingerprint density at radius 1 is 1.15 bits per heavy atom. The van der Waals surface area contributed by atoms with Crippen LogP contribution in [0.3, 0.4) is 0 Å². The zero-order valence-electron chi connectivity index (χ0n) is 10.1. The summed E-state index contributed by atoms with van der Waals surface area (Å²) in [7, 11) is 0. The molecule has 0 bridgehead atoms. The van der Waals surface area contributed by atoms with Crippen LogP contribution >= 0.6 is 11.6 Å². The normalized spacial score (nSPS) is 19.6. The van der Waals surface area contributed by atoms with E-state index >= 15 is 0 Å². The molecule has 0 spiro atoms. The molecule has 0 saturated heterocycles. The monoisotopic (exact) mass is 204 g/mol. The maximum atomic E-state index is 6.49. The van der Waals surface area contributed by atoms with Gasteiger partial charge in [-0.05, 0) is 31.1 Å². The standard InChI is InChI=1S/C12H25Cl/c1-7-10(2)8-12(6,13)9-11(3,4)5/h10H,7-9H2,1-6H3. The van der Waals surface area contributed by atoms with E-state index in [0.717, 1.165) is 18.8 Å². The Bertz CT molecular complexity index is 142. The first-order valence-corrected chi connectivity index (χ1v) is 5.73. The minimum absolute atomic E-state index is 0.0202. The summed E-state index contributed by atoms with van der Waals surface area (Å²) < 4.78 is 0. The van der Waals surface area contributed by atoms with Gasteiger partial charge in [0, 0.05) is 4.87 Å². The molecule has 0 aliphatic rings. The van der Waals surface area contributed by atoms with Gasteiger partial charge in [-0.15, -0.1) is 11.6 Å². The van der Waals surface area contributed by atoms with E-state index in [1.54, 1.807) is 0 Å². The highest BCUT2D eigenvalue weighted by Gasteiger charge is 2.28. The maximum absolute atomic E-state index is 6.49. The Kier molecular flexibility index (Phi) is 4.79. The summed E-state index contributed by atoms with van der Waals surface area (Å²) in [5.41, 5.74) is 0.337. The predicted molar refractivity (Wildman–Crippen MR) is 62.4 cm³/mol. The highest BCUT2D eigenvalue weighted by Crippen LogP contribution is 2.36. The molecule has 0 aromatic heterocycles. The number of alkyl halides is 1. The smallest absolute Gasteiger partial charge is 0.0426 e. The van der Waals surface area contributed by atoms with Crippen LogP contribution in [0.2, 0.25) is 0 Å². The van der Waals surface area contributed by atoms with Crippen molar-refractivity contribution in [1.29, 1.82) is 0 Å². The lowest BCUT2D eigenvalue weighted by Gasteiger charge is -2.32. The van der Waals surface area contributed by atoms with Crippen LogP contribution in [0.4, 0.5) is 0 Å². The van der Waals surface area contributed by atoms with Gasteiger partial charge in [0.05, 0.1) is 0 Å². The first-order chi connectivity index (χ1) is 5.66. The third-order valence-corrected chi connectivity index (χ3v) is 2.66. The van der Waals surface area contributed by atoms with Crippen molar-refractivity contribution in [1.82, 2.24) is 0 Å². The number of hydrogen-bond acceptors (Lipinski definition) is 0. The van der Waals surface area contributed by atoms with Gasteiger partial charge in [0.1, 0.15) is 0 Å². The van der Waals surface area contributed by atoms with Crippen LogP contribution in [0.15, 0.2) is 0 Å². The van der Waals surface area contributed by atoms with E-state index < -0.39 is 0 Å². The summed E-state index contributed by atoms with van der Waals surface area (Å²) in [6.07, 6.45) is 3.45. The molecule has 80 valence electrons. The van der Waals surface area contributed by atoms with E-state index in [2.05, 4.69) is 41.5 Å². The first-order valence-electron chi connectivity index (χ1n) is 5.35. The molecule has 0 aliphatic heterocycles. The minimum atomic E-state index is -0.0202. The van der Waals surface area contributed by atoms with Crippen molar-refractivity contribution in [3.8, 4) is 0 Å². The average Bonchev–Trinajstić information content (AvgIpc) is 1.80. The van der Waals surface area contributed by atoms with Crippen molar-refractivity contribution in [3.05, 3.63) is 0 Å². The Morgan fingerprint density at radius 3 is 1.92 bits per heavy atom. The number of rotatable bonds is 4. The van der Waals surface area contributed by atoms with E-state index in [0.29, 0.717) is 5.41 Å². The van der Waals surface area contributed by atoms with Crippen molar-refractivity contribution in [3.63, 3.8) is 0 Å². The molecule has 1 heteroatoms. The van der Waals surface area contributed by atoms with Gasteiger partial charge in [-0.3, -0.25) is 0 Å². The van der Waals surface area contributed by atoms with Crippen LogP contribution in [-0.4, -0.2) is 4.87 Å². The molecule has 0 saturated carbocycles. The highest BCUT2D eigenvalue weighted by molar-refractivity contribution is 6.23. The average molecular weight is 205 g/mol. The van der Waals surface area contributed by atoms with Gasteiger partial charge in [-0.25, -0.2) is 0 Å². The third kappa shape index (κ3) is 7.37. The van der Waals surface area contributed by atoms with Crippen LogP contribution < -0.4 is 0 Å². The van der Waals surface area contributed by atoms with Crippen LogP contribution in [0.5, 0.6) is 0 Å². The van der Waals surface area contributed by atoms with Gasteiger partial charge in [0.2, 0.25) is 0 Å². The molecule has 0 aromatic carbocycles. The molecule has 0 nitrogen and oxygen atoms in total. The summed E-state index contributed by atoms with van der Waals surface area (Å²) in [5, 5.41) is 0. The van der Waals surface area contributed by atoms with Crippen LogP contribution in [0.25, 0.3) is 0 Å². The fourth-order valence-corrected chi connectivity index (χ4v) is 2.71. The molecule has 0 amide bonds. The van der Waals surface area contributed by atoms with Gasteiger partial charge >= 0.3 is 0 Å². The zero-order valence-corrected chi connectivity index (χ0v) is 10.8. The van der Waals surface area contributed by atoms with Gasteiger partial charge < -0.3 is 0 Å². The Morgan fingerprint density at radius 2 is 1.62 bits per heavy atom. The molecule has 0 N–H and O–H groups in total. The van der Waals surface area contributed by atoms with Crippen molar-refractivity contribution >= 4 is 11.6 Å². The molecular weight excluding hydrogens is 180 g/mol. The van der Waals surface area contributed by atoms with Gasteiger partial charge in [0.25, 0.3) is 0 Å². The lowest BCUT2D eigenvalue weighted by Crippen LogP contribution is -2.26. The van der Waals surface area contributed by atoms with Gasteiger partial charge in [0.15, 0.2) is 0 Å². The van der Waals surface area contributed by atoms with E-state index in [-0.39, 0.29) is 4.87 Å². The summed E-state index contributed by atoms with van der Waals surface area (Å²) in [4.78, 5) is -0.0202. The molecule has 2 atom stereocenters. The summed E-state index contributed by atoms with van der Waals surface area (Å²) in [6.45, 7) is 13.4. The zero-order chi connectivity index (χ0) is 10.7. The number of halogens is 1. The predicted octanol–water partition coefficient (Wildman–Crippen LogP) is 4.86. The lowest BCUT2D eigenvalue weighted by molar-refractivity contribution is 0.291. The Balaban J connectivity index is 4.08. The second-order valence-corrected chi connectivity index (χ2v) is 6.78. The molecule has 0 rings (SSSR count). The lowest BCUT2D eigenvalue weighted by atomic mass is 9.81. The molecule has 0 heterocycles. The molecule has 0 aliphatic carbocycles. The first kappa shape index (κ1) is 13.3. The van der Waals surface area contributed by atoms with Crippen LogP contribution in [0.1, 0.15) is 60.8 Å². The van der Waals surface area contributed by atoms with Gasteiger partial charge in [-0.2, -0.15) is 0 Å². The van der Waals surface area contributed by atoms with E-state index in [1.807, 2.05) is 0 Å². The fraction of sp³-hybridized carbons (Fsp3) is 1.00. The van der Waals surface area contributed by atoms with E-state index in [9.17, 15) is 0 Å². The minimum Gasteiger partial charge on any atom is -0.120 e. The topological polar surface area (TPSA) is 0 Å². The van der Waals surface area contributed by atoms with E-state index in [1.165, 1.54) is 6.42 Å². The second-order valence-electron chi connectivity index (χ2n) is 5.87. The van der Waals surface area contributed by atoms with Crippen molar-refractivity contribution in [2.24, 2.45) is 11.3 Å². The fourth-order valence-electron chi connectivity index (χ4n) is 2.05. The molecule has 0 fully saturated rings. The van der Waals surface area contributed by atoms with Crippen molar-refractivity contribution in [2.45, 2.75) is 65.7 Å². The molecular formula is C12H25Cl. The second kappa shape index (κ2) is 4.68. The van der Waals surface area contributed by atoms with Crippen molar-refractivity contribution < 1.29 is 0 Å². The summed E-state index contributed by atoms with van der Waals surface area (Å²) >= 11 is 6.49.